The molecule has 1 fully saturated rings. The van der Waals surface area contributed by atoms with Gasteiger partial charge in [0, 0.05) is 5.92 Å². The summed E-state index contributed by atoms with van der Waals surface area (Å²) in [6.45, 7) is 4.53. The number of rotatable bonds is 1. The maximum atomic E-state index is 9.36. The van der Waals surface area contributed by atoms with E-state index in [0.29, 0.717) is 13.2 Å². The molecule has 0 aliphatic carbocycles. The lowest BCUT2D eigenvalue weighted by atomic mass is 9.93. The molecule has 1 heterocycles. The molecule has 0 saturated carbocycles. The lowest BCUT2D eigenvalue weighted by Crippen LogP contribution is -2.32. The Labute approximate surface area is 54.5 Å². The third-order valence-corrected chi connectivity index (χ3v) is 1.62. The molecule has 3 heteroatoms. The Morgan fingerprint density at radius 2 is 1.78 bits per heavy atom. The van der Waals surface area contributed by atoms with E-state index in [2.05, 4.69) is 9.78 Å². The average molecular weight is 132 g/mol. The zero-order valence-electron chi connectivity index (χ0n) is 5.76. The smallest absolute Gasteiger partial charge is 0.0901 e. The van der Waals surface area contributed by atoms with Crippen LogP contribution < -0.4 is 0 Å². The van der Waals surface area contributed by atoms with E-state index in [1.165, 1.54) is 0 Å². The molecule has 0 bridgehead atoms. The summed E-state index contributed by atoms with van der Waals surface area (Å²) >= 11 is 0. The van der Waals surface area contributed by atoms with Crippen molar-refractivity contribution in [3.63, 3.8) is 0 Å². The van der Waals surface area contributed by atoms with E-state index in [0.717, 1.165) is 0 Å². The highest BCUT2D eigenvalue weighted by molar-refractivity contribution is 4.77. The number of aliphatic hydroxyl groups is 1. The quantitative estimate of drug-likeness (QED) is 0.523. The Bertz CT molecular complexity index is 89.0. The van der Waals surface area contributed by atoms with Gasteiger partial charge in [-0.1, -0.05) is 0 Å². The van der Waals surface area contributed by atoms with Crippen LogP contribution in [-0.2, 0) is 9.78 Å². The molecule has 54 valence electrons. The van der Waals surface area contributed by atoms with E-state index in [1.54, 1.807) is 13.8 Å². The molecule has 1 aliphatic rings. The summed E-state index contributed by atoms with van der Waals surface area (Å²) in [5.41, 5.74) is -0.670. The van der Waals surface area contributed by atoms with Crippen LogP contribution in [0.2, 0.25) is 0 Å². The fourth-order valence-corrected chi connectivity index (χ4v) is 0.716. The molecule has 9 heavy (non-hydrogen) atoms. The van der Waals surface area contributed by atoms with Gasteiger partial charge in [-0.05, 0) is 13.8 Å². The van der Waals surface area contributed by atoms with Crippen molar-refractivity contribution in [3.05, 3.63) is 0 Å². The molecule has 1 saturated heterocycles. The van der Waals surface area contributed by atoms with Crippen molar-refractivity contribution in [1.82, 2.24) is 0 Å². The lowest BCUT2D eigenvalue weighted by Gasteiger charge is -2.21. The summed E-state index contributed by atoms with van der Waals surface area (Å²) in [4.78, 5) is 9.25. The summed E-state index contributed by atoms with van der Waals surface area (Å²) in [5.74, 6) is 0.123. The van der Waals surface area contributed by atoms with E-state index in [-0.39, 0.29) is 5.92 Å². The van der Waals surface area contributed by atoms with Crippen molar-refractivity contribution in [1.29, 1.82) is 0 Å². The maximum absolute atomic E-state index is 9.36. The molecular formula is C6H12O3. The minimum Gasteiger partial charge on any atom is -0.390 e. The van der Waals surface area contributed by atoms with E-state index >= 15 is 0 Å². The molecule has 0 atom stereocenters. The van der Waals surface area contributed by atoms with Crippen molar-refractivity contribution in [3.8, 4) is 0 Å². The lowest BCUT2D eigenvalue weighted by molar-refractivity contribution is -0.248. The summed E-state index contributed by atoms with van der Waals surface area (Å²) in [6.07, 6.45) is 0. The molecule has 0 radical (unpaired) electrons. The molecule has 0 aromatic carbocycles. The zero-order valence-corrected chi connectivity index (χ0v) is 5.76. The minimum absolute atomic E-state index is 0.123. The summed E-state index contributed by atoms with van der Waals surface area (Å²) in [5, 5.41) is 9.36. The van der Waals surface area contributed by atoms with Crippen molar-refractivity contribution in [2.45, 2.75) is 19.4 Å². The van der Waals surface area contributed by atoms with Gasteiger partial charge in [0.2, 0.25) is 0 Å². The summed E-state index contributed by atoms with van der Waals surface area (Å²) in [7, 11) is 0. The van der Waals surface area contributed by atoms with Crippen LogP contribution in [0.15, 0.2) is 0 Å². The van der Waals surface area contributed by atoms with Crippen molar-refractivity contribution in [2.75, 3.05) is 13.2 Å². The van der Waals surface area contributed by atoms with Crippen LogP contribution in [0.5, 0.6) is 0 Å². The second-order valence-corrected chi connectivity index (χ2v) is 2.92. The van der Waals surface area contributed by atoms with Gasteiger partial charge in [-0.2, -0.15) is 0 Å². The van der Waals surface area contributed by atoms with Crippen LogP contribution in [-0.4, -0.2) is 23.9 Å². The van der Waals surface area contributed by atoms with Gasteiger partial charge in [0.05, 0.1) is 18.8 Å². The molecule has 1 N–H and O–H groups in total. The highest BCUT2D eigenvalue weighted by Crippen LogP contribution is 2.21. The van der Waals surface area contributed by atoms with Crippen molar-refractivity contribution >= 4 is 0 Å². The minimum atomic E-state index is -0.670. The van der Waals surface area contributed by atoms with Crippen LogP contribution in [0.25, 0.3) is 0 Å². The topological polar surface area (TPSA) is 38.7 Å². The first-order valence-electron chi connectivity index (χ1n) is 3.07. The van der Waals surface area contributed by atoms with Crippen LogP contribution >= 0.6 is 0 Å². The first-order chi connectivity index (χ1) is 4.11. The largest absolute Gasteiger partial charge is 0.390 e. The van der Waals surface area contributed by atoms with Gasteiger partial charge in [-0.15, -0.1) is 0 Å². The van der Waals surface area contributed by atoms with E-state index in [1.807, 2.05) is 0 Å². The SMILES string of the molecule is CC(C)(O)C1COOC1. The Balaban J connectivity index is 2.42. The van der Waals surface area contributed by atoms with Crippen LogP contribution in [0, 0.1) is 5.92 Å². The van der Waals surface area contributed by atoms with Gasteiger partial charge in [0.25, 0.3) is 0 Å². The third kappa shape index (κ3) is 1.64. The monoisotopic (exact) mass is 132 g/mol. The Hall–Kier alpha value is -0.120. The predicted octanol–water partition coefficient (Wildman–Crippen LogP) is 0.335. The van der Waals surface area contributed by atoms with Gasteiger partial charge in [-0.3, -0.25) is 0 Å². The van der Waals surface area contributed by atoms with Crippen LogP contribution in [0.3, 0.4) is 0 Å². The van der Waals surface area contributed by atoms with Gasteiger partial charge in [0.1, 0.15) is 0 Å². The second-order valence-electron chi connectivity index (χ2n) is 2.92. The molecule has 3 nitrogen and oxygen atoms in total. The molecule has 1 rings (SSSR count). The first-order valence-corrected chi connectivity index (χ1v) is 3.07. The summed E-state index contributed by atoms with van der Waals surface area (Å²) in [6, 6.07) is 0. The number of hydrogen-bond acceptors (Lipinski definition) is 3. The molecular weight excluding hydrogens is 120 g/mol. The van der Waals surface area contributed by atoms with E-state index in [4.69, 9.17) is 0 Å². The van der Waals surface area contributed by atoms with Gasteiger partial charge < -0.3 is 5.11 Å². The van der Waals surface area contributed by atoms with Crippen LogP contribution in [0.1, 0.15) is 13.8 Å². The second kappa shape index (κ2) is 2.25. The van der Waals surface area contributed by atoms with Crippen LogP contribution in [0.4, 0.5) is 0 Å². The molecule has 0 amide bonds. The standard InChI is InChI=1S/C6H12O3/c1-6(2,7)5-3-8-9-4-5/h5,7H,3-4H2,1-2H3. The van der Waals surface area contributed by atoms with E-state index in [9.17, 15) is 5.11 Å². The molecule has 0 unspecified atom stereocenters. The van der Waals surface area contributed by atoms with Crippen molar-refractivity contribution < 1.29 is 14.9 Å². The van der Waals surface area contributed by atoms with Gasteiger partial charge in [0.15, 0.2) is 0 Å². The fourth-order valence-electron chi connectivity index (χ4n) is 0.716. The highest BCUT2D eigenvalue weighted by atomic mass is 17.2. The molecule has 0 spiro atoms. The normalized spacial score (nSPS) is 23.0. The average Bonchev–Trinajstić information content (AvgIpc) is 2.08. The maximum Gasteiger partial charge on any atom is 0.0901 e. The summed E-state index contributed by atoms with van der Waals surface area (Å²) < 4.78 is 0. The number of hydrogen-bond donors (Lipinski definition) is 1. The Morgan fingerprint density at radius 1 is 1.33 bits per heavy atom. The molecule has 1 aliphatic heterocycles. The highest BCUT2D eigenvalue weighted by Gasteiger charge is 2.31. The first kappa shape index (κ1) is 6.99. The fraction of sp³-hybridized carbons (Fsp3) is 1.00. The van der Waals surface area contributed by atoms with Gasteiger partial charge in [-0.25, -0.2) is 9.78 Å². The Morgan fingerprint density at radius 3 is 2.00 bits per heavy atom. The van der Waals surface area contributed by atoms with Gasteiger partial charge >= 0.3 is 0 Å². The molecule has 0 aromatic rings. The van der Waals surface area contributed by atoms with E-state index < -0.39 is 5.60 Å². The zero-order chi connectivity index (χ0) is 6.91. The van der Waals surface area contributed by atoms with Crippen molar-refractivity contribution in [2.24, 2.45) is 5.92 Å². The molecule has 0 aromatic heterocycles. The predicted molar refractivity (Wildman–Crippen MR) is 31.7 cm³/mol. The Kier molecular flexibility index (Phi) is 1.75. The third-order valence-electron chi connectivity index (χ3n) is 1.62.